The van der Waals surface area contributed by atoms with Gasteiger partial charge in [-0.05, 0) is 36.1 Å². The average Bonchev–Trinajstić information content (AvgIpc) is 2.30. The van der Waals surface area contributed by atoms with Gasteiger partial charge in [-0.25, -0.2) is 4.98 Å². The monoisotopic (exact) mass is 235 g/mol. The van der Waals surface area contributed by atoms with Gasteiger partial charge in [0.1, 0.15) is 5.15 Å². The van der Waals surface area contributed by atoms with Gasteiger partial charge in [-0.15, -0.1) is 11.8 Å². The van der Waals surface area contributed by atoms with E-state index in [9.17, 15) is 0 Å². The molecule has 1 aromatic carbocycles. The summed E-state index contributed by atoms with van der Waals surface area (Å²) in [5.41, 5.74) is 2.08. The molecule has 0 radical (unpaired) electrons. The minimum atomic E-state index is 0.550. The molecule has 1 heterocycles. The number of nitrogens with zero attached hydrogens (tertiary/aromatic N) is 1. The van der Waals surface area contributed by atoms with Crippen molar-refractivity contribution in [2.24, 2.45) is 0 Å². The summed E-state index contributed by atoms with van der Waals surface area (Å²) >= 11 is 7.74. The number of halogens is 1. The van der Waals surface area contributed by atoms with Crippen molar-refractivity contribution in [3.63, 3.8) is 0 Å². The van der Waals surface area contributed by atoms with Crippen LogP contribution in [0.15, 0.2) is 47.5 Å². The number of thioether (sulfide) groups is 1. The first-order valence-electron chi connectivity index (χ1n) is 4.56. The Kier molecular flexibility index (Phi) is 3.29. The van der Waals surface area contributed by atoms with Crippen molar-refractivity contribution in [1.82, 2.24) is 4.98 Å². The van der Waals surface area contributed by atoms with Crippen LogP contribution in [-0.4, -0.2) is 11.2 Å². The van der Waals surface area contributed by atoms with Gasteiger partial charge in [0, 0.05) is 16.7 Å². The summed E-state index contributed by atoms with van der Waals surface area (Å²) in [6.07, 6.45) is 3.76. The van der Waals surface area contributed by atoms with Crippen molar-refractivity contribution in [1.29, 1.82) is 0 Å². The molecule has 0 N–H and O–H groups in total. The van der Waals surface area contributed by atoms with E-state index >= 15 is 0 Å². The molecule has 3 heteroatoms. The van der Waals surface area contributed by atoms with Gasteiger partial charge in [0.25, 0.3) is 0 Å². The molecule has 76 valence electrons. The third-order valence-electron chi connectivity index (χ3n) is 2.16. The van der Waals surface area contributed by atoms with E-state index in [0.29, 0.717) is 5.15 Å². The van der Waals surface area contributed by atoms with Crippen molar-refractivity contribution in [2.45, 2.75) is 4.90 Å². The van der Waals surface area contributed by atoms with E-state index in [0.717, 1.165) is 11.1 Å². The number of aromatic nitrogens is 1. The number of benzene rings is 1. The maximum atomic E-state index is 6.02. The number of hydrogen-bond donors (Lipinski definition) is 0. The Hall–Kier alpha value is -0.990. The summed E-state index contributed by atoms with van der Waals surface area (Å²) < 4.78 is 0. The highest BCUT2D eigenvalue weighted by Crippen LogP contribution is 2.27. The molecule has 0 saturated carbocycles. The van der Waals surface area contributed by atoms with Gasteiger partial charge in [-0.1, -0.05) is 23.7 Å². The second kappa shape index (κ2) is 4.69. The summed E-state index contributed by atoms with van der Waals surface area (Å²) in [5, 5.41) is 0.550. The molecule has 0 bridgehead atoms. The van der Waals surface area contributed by atoms with Gasteiger partial charge in [-0.2, -0.15) is 0 Å². The van der Waals surface area contributed by atoms with Gasteiger partial charge in [0.05, 0.1) is 0 Å². The highest BCUT2D eigenvalue weighted by molar-refractivity contribution is 7.98. The molecule has 0 fully saturated rings. The van der Waals surface area contributed by atoms with Crippen molar-refractivity contribution >= 4 is 23.4 Å². The van der Waals surface area contributed by atoms with Crippen LogP contribution in [-0.2, 0) is 0 Å². The first-order chi connectivity index (χ1) is 7.31. The Morgan fingerprint density at radius 3 is 2.47 bits per heavy atom. The lowest BCUT2D eigenvalue weighted by Crippen LogP contribution is -1.82. The molecular formula is C12H10ClNS. The fraction of sp³-hybridized carbons (Fsp3) is 0.0833. The van der Waals surface area contributed by atoms with Crippen molar-refractivity contribution in [3.05, 3.63) is 47.7 Å². The van der Waals surface area contributed by atoms with Crippen molar-refractivity contribution < 1.29 is 0 Å². The summed E-state index contributed by atoms with van der Waals surface area (Å²) in [6.45, 7) is 0. The quantitative estimate of drug-likeness (QED) is 0.574. The predicted octanol–water partition coefficient (Wildman–Crippen LogP) is 4.12. The zero-order chi connectivity index (χ0) is 10.7. The highest BCUT2D eigenvalue weighted by Gasteiger charge is 2.02. The number of hydrogen-bond acceptors (Lipinski definition) is 2. The molecule has 0 saturated heterocycles. The van der Waals surface area contributed by atoms with Gasteiger partial charge in [-0.3, -0.25) is 0 Å². The Balaban J connectivity index is 2.42. The van der Waals surface area contributed by atoms with E-state index in [-0.39, 0.29) is 0 Å². The summed E-state index contributed by atoms with van der Waals surface area (Å²) in [4.78, 5) is 5.31. The van der Waals surface area contributed by atoms with Crippen LogP contribution in [0.1, 0.15) is 0 Å². The number of pyridine rings is 1. The van der Waals surface area contributed by atoms with Gasteiger partial charge < -0.3 is 0 Å². The van der Waals surface area contributed by atoms with Crippen LogP contribution in [0.3, 0.4) is 0 Å². The fourth-order valence-electron chi connectivity index (χ4n) is 1.37. The molecule has 2 aromatic rings. The minimum absolute atomic E-state index is 0.550. The van der Waals surface area contributed by atoms with Gasteiger partial charge >= 0.3 is 0 Å². The fourth-order valence-corrected chi connectivity index (χ4v) is 2.01. The van der Waals surface area contributed by atoms with Crippen LogP contribution in [0.25, 0.3) is 11.1 Å². The zero-order valence-corrected chi connectivity index (χ0v) is 9.85. The summed E-state index contributed by atoms with van der Waals surface area (Å²) in [5.74, 6) is 0. The largest absolute Gasteiger partial charge is 0.244 e. The Labute approximate surface area is 98.5 Å². The highest BCUT2D eigenvalue weighted by atomic mass is 35.5. The number of rotatable bonds is 2. The Bertz CT molecular complexity index is 453. The maximum Gasteiger partial charge on any atom is 0.136 e. The summed E-state index contributed by atoms with van der Waals surface area (Å²) in [7, 11) is 0. The van der Waals surface area contributed by atoms with Crippen LogP contribution in [0.4, 0.5) is 0 Å². The van der Waals surface area contributed by atoms with E-state index in [4.69, 9.17) is 11.6 Å². The Morgan fingerprint density at radius 2 is 1.87 bits per heavy atom. The Morgan fingerprint density at radius 1 is 1.13 bits per heavy atom. The maximum absolute atomic E-state index is 6.02. The lowest BCUT2D eigenvalue weighted by Gasteiger charge is -2.03. The third kappa shape index (κ3) is 2.33. The molecule has 2 rings (SSSR count). The standard InChI is InChI=1S/C12H10ClNS/c1-15-10-6-4-9(5-7-10)11-3-2-8-14-12(11)13/h2-8H,1H3. The average molecular weight is 236 g/mol. The first-order valence-corrected chi connectivity index (χ1v) is 6.16. The van der Waals surface area contributed by atoms with E-state index in [1.165, 1.54) is 4.90 Å². The second-order valence-corrected chi connectivity index (χ2v) is 4.31. The molecule has 0 unspecified atom stereocenters. The first kappa shape index (κ1) is 10.5. The van der Waals surface area contributed by atoms with E-state index in [1.807, 2.05) is 12.1 Å². The van der Waals surface area contributed by atoms with Crippen LogP contribution in [0.2, 0.25) is 5.15 Å². The molecule has 0 aliphatic rings. The van der Waals surface area contributed by atoms with Crippen molar-refractivity contribution in [3.8, 4) is 11.1 Å². The normalized spacial score (nSPS) is 10.3. The predicted molar refractivity (Wildman–Crippen MR) is 66.5 cm³/mol. The van der Waals surface area contributed by atoms with Crippen LogP contribution in [0.5, 0.6) is 0 Å². The molecule has 0 amide bonds. The topological polar surface area (TPSA) is 12.9 Å². The summed E-state index contributed by atoms with van der Waals surface area (Å²) in [6, 6.07) is 12.2. The molecular weight excluding hydrogens is 226 g/mol. The molecule has 1 aromatic heterocycles. The SMILES string of the molecule is CSc1ccc(-c2cccnc2Cl)cc1. The lowest BCUT2D eigenvalue weighted by molar-refractivity contribution is 1.32. The minimum Gasteiger partial charge on any atom is -0.244 e. The molecule has 0 atom stereocenters. The molecule has 15 heavy (non-hydrogen) atoms. The molecule has 0 aliphatic carbocycles. The van der Waals surface area contributed by atoms with Crippen LogP contribution in [0, 0.1) is 0 Å². The van der Waals surface area contributed by atoms with Crippen LogP contribution >= 0.6 is 23.4 Å². The lowest BCUT2D eigenvalue weighted by atomic mass is 10.1. The smallest absolute Gasteiger partial charge is 0.136 e. The van der Waals surface area contributed by atoms with Gasteiger partial charge in [0.15, 0.2) is 0 Å². The van der Waals surface area contributed by atoms with E-state index < -0.39 is 0 Å². The molecule has 0 spiro atoms. The third-order valence-corrected chi connectivity index (χ3v) is 3.20. The molecule has 1 nitrogen and oxygen atoms in total. The zero-order valence-electron chi connectivity index (χ0n) is 8.27. The van der Waals surface area contributed by atoms with Crippen LogP contribution < -0.4 is 0 Å². The van der Waals surface area contributed by atoms with Crippen molar-refractivity contribution in [2.75, 3.05) is 6.26 Å². The molecule has 0 aliphatic heterocycles. The van der Waals surface area contributed by atoms with Gasteiger partial charge in [0.2, 0.25) is 0 Å². The van der Waals surface area contributed by atoms with E-state index in [1.54, 1.807) is 18.0 Å². The second-order valence-electron chi connectivity index (χ2n) is 3.07. The van der Waals surface area contributed by atoms with E-state index in [2.05, 4.69) is 35.5 Å².